The summed E-state index contributed by atoms with van der Waals surface area (Å²) in [5.74, 6) is -0.398. The molecular weight excluding hydrogens is 492 g/mol. The van der Waals surface area contributed by atoms with Crippen molar-refractivity contribution < 1.29 is 27.2 Å². The number of aromatic nitrogens is 4. The second-order valence-corrected chi connectivity index (χ2v) is 8.14. The van der Waals surface area contributed by atoms with Crippen LogP contribution in [-0.2, 0) is 11.0 Å². The molecular formula is C25H20F4N6O2. The molecule has 4 rings (SSSR count). The summed E-state index contributed by atoms with van der Waals surface area (Å²) in [6.45, 7) is 3.10. The van der Waals surface area contributed by atoms with Gasteiger partial charge in [-0.1, -0.05) is 0 Å². The molecule has 2 amide bonds. The molecule has 1 atom stereocenters. The normalized spacial score (nSPS) is 12.2. The van der Waals surface area contributed by atoms with E-state index in [-0.39, 0.29) is 22.9 Å². The standard InChI is InChI=1S/C25H20F4N6O2/c1-15-9-18(25(27,28)29)11-21(10-15)34(14-36)16(2)23-31-13-32-35(23)22-8-3-17(12-30-22)24(37)33-20-6-4-19(26)5-7-20/h3-14,16H,1-2H3,(H,33,37). The van der Waals surface area contributed by atoms with E-state index in [4.69, 9.17) is 0 Å². The maximum absolute atomic E-state index is 13.3. The van der Waals surface area contributed by atoms with Crippen molar-refractivity contribution >= 4 is 23.7 Å². The van der Waals surface area contributed by atoms with Crippen molar-refractivity contribution in [3.05, 3.63) is 95.5 Å². The first-order valence-corrected chi connectivity index (χ1v) is 10.9. The van der Waals surface area contributed by atoms with Crippen LogP contribution < -0.4 is 10.2 Å². The van der Waals surface area contributed by atoms with E-state index in [0.29, 0.717) is 17.7 Å². The first-order chi connectivity index (χ1) is 17.6. The summed E-state index contributed by atoms with van der Waals surface area (Å²) in [4.78, 5) is 34.0. The first-order valence-electron chi connectivity index (χ1n) is 10.9. The molecule has 2 heterocycles. The maximum Gasteiger partial charge on any atom is 0.416 e. The molecule has 0 fully saturated rings. The van der Waals surface area contributed by atoms with Crippen LogP contribution in [0.4, 0.5) is 28.9 Å². The van der Waals surface area contributed by atoms with Gasteiger partial charge in [0.15, 0.2) is 11.6 Å². The number of nitrogens with zero attached hydrogens (tertiary/aromatic N) is 5. The van der Waals surface area contributed by atoms with Gasteiger partial charge in [-0.2, -0.15) is 23.0 Å². The lowest BCUT2D eigenvalue weighted by atomic mass is 10.1. The molecule has 0 bridgehead atoms. The number of alkyl halides is 3. The fourth-order valence-electron chi connectivity index (χ4n) is 3.67. The number of hydrogen-bond acceptors (Lipinski definition) is 5. The summed E-state index contributed by atoms with van der Waals surface area (Å²) in [5, 5.41) is 6.75. The second kappa shape index (κ2) is 10.2. The quantitative estimate of drug-likeness (QED) is 0.275. The van der Waals surface area contributed by atoms with Gasteiger partial charge in [0.05, 0.1) is 17.2 Å². The molecule has 0 aliphatic rings. The molecule has 1 unspecified atom stereocenters. The number of aryl methyl sites for hydroxylation is 1. The molecule has 0 saturated heterocycles. The summed E-state index contributed by atoms with van der Waals surface area (Å²) < 4.78 is 54.3. The Morgan fingerprint density at radius 2 is 1.81 bits per heavy atom. The Hall–Kier alpha value is -4.61. The highest BCUT2D eigenvalue weighted by atomic mass is 19.4. The molecule has 0 saturated carbocycles. The largest absolute Gasteiger partial charge is 0.416 e. The molecule has 1 N–H and O–H groups in total. The van der Waals surface area contributed by atoms with Crippen molar-refractivity contribution in [3.63, 3.8) is 0 Å². The number of nitrogens with one attached hydrogen (secondary N) is 1. The molecule has 37 heavy (non-hydrogen) atoms. The number of amides is 2. The van der Waals surface area contributed by atoms with Gasteiger partial charge in [-0.3, -0.25) is 9.59 Å². The van der Waals surface area contributed by atoms with Crippen LogP contribution in [0.3, 0.4) is 0 Å². The zero-order valence-electron chi connectivity index (χ0n) is 19.6. The Balaban J connectivity index is 1.58. The van der Waals surface area contributed by atoms with Crippen LogP contribution in [-0.4, -0.2) is 32.1 Å². The lowest BCUT2D eigenvalue weighted by Gasteiger charge is -2.26. The Labute approximate surface area is 208 Å². The predicted molar refractivity (Wildman–Crippen MR) is 127 cm³/mol. The van der Waals surface area contributed by atoms with Crippen LogP contribution in [0.2, 0.25) is 0 Å². The highest BCUT2D eigenvalue weighted by Crippen LogP contribution is 2.34. The van der Waals surface area contributed by atoms with Crippen LogP contribution in [0.25, 0.3) is 5.82 Å². The lowest BCUT2D eigenvalue weighted by molar-refractivity contribution is -0.137. The molecule has 0 spiro atoms. The minimum atomic E-state index is -4.58. The van der Waals surface area contributed by atoms with Crippen molar-refractivity contribution in [1.82, 2.24) is 19.7 Å². The number of hydrogen-bond donors (Lipinski definition) is 1. The van der Waals surface area contributed by atoms with Crippen molar-refractivity contribution in [2.75, 3.05) is 10.2 Å². The zero-order chi connectivity index (χ0) is 26.7. The molecule has 2 aromatic heterocycles. The van der Waals surface area contributed by atoms with E-state index in [2.05, 4.69) is 20.4 Å². The molecule has 190 valence electrons. The summed E-state index contributed by atoms with van der Waals surface area (Å²) in [6.07, 6.45) is -1.62. The number of rotatable bonds is 7. The number of halogens is 4. The summed E-state index contributed by atoms with van der Waals surface area (Å²) >= 11 is 0. The van der Waals surface area contributed by atoms with Gasteiger partial charge >= 0.3 is 6.18 Å². The van der Waals surface area contributed by atoms with Crippen LogP contribution in [0.5, 0.6) is 0 Å². The third-order valence-electron chi connectivity index (χ3n) is 5.50. The topological polar surface area (TPSA) is 93.0 Å². The van der Waals surface area contributed by atoms with Crippen molar-refractivity contribution in [1.29, 1.82) is 0 Å². The number of anilines is 2. The Morgan fingerprint density at radius 3 is 2.43 bits per heavy atom. The van der Waals surface area contributed by atoms with Gasteiger partial charge in [-0.15, -0.1) is 0 Å². The van der Waals surface area contributed by atoms with Crippen molar-refractivity contribution in [2.24, 2.45) is 0 Å². The number of carbonyl (C=O) groups is 2. The van der Waals surface area contributed by atoms with E-state index in [9.17, 15) is 27.2 Å². The summed E-state index contributed by atoms with van der Waals surface area (Å²) in [7, 11) is 0. The third-order valence-corrected chi connectivity index (χ3v) is 5.50. The molecule has 0 radical (unpaired) electrons. The highest BCUT2D eigenvalue weighted by molar-refractivity contribution is 6.04. The van der Waals surface area contributed by atoms with Gasteiger partial charge < -0.3 is 10.2 Å². The van der Waals surface area contributed by atoms with Gasteiger partial charge in [0, 0.05) is 17.6 Å². The van der Waals surface area contributed by atoms with E-state index in [1.165, 1.54) is 66.6 Å². The lowest BCUT2D eigenvalue weighted by Crippen LogP contribution is -2.28. The average Bonchev–Trinajstić information content (AvgIpc) is 3.35. The second-order valence-electron chi connectivity index (χ2n) is 8.14. The van der Waals surface area contributed by atoms with Crippen LogP contribution in [0, 0.1) is 12.7 Å². The van der Waals surface area contributed by atoms with Crippen LogP contribution in [0.15, 0.2) is 67.1 Å². The van der Waals surface area contributed by atoms with Crippen molar-refractivity contribution in [2.45, 2.75) is 26.1 Å². The Kier molecular flexibility index (Phi) is 7.00. The molecule has 2 aromatic carbocycles. The van der Waals surface area contributed by atoms with Gasteiger partial charge in [0.2, 0.25) is 6.41 Å². The van der Waals surface area contributed by atoms with Crippen molar-refractivity contribution in [3.8, 4) is 5.82 Å². The fraction of sp³-hybridized carbons (Fsp3) is 0.160. The smallest absolute Gasteiger partial charge is 0.322 e. The Bertz CT molecular complexity index is 1420. The van der Waals surface area contributed by atoms with Crippen LogP contribution >= 0.6 is 0 Å². The van der Waals surface area contributed by atoms with E-state index in [1.54, 1.807) is 6.92 Å². The summed E-state index contributed by atoms with van der Waals surface area (Å²) in [5.41, 5.74) is 0.129. The van der Waals surface area contributed by atoms with E-state index >= 15 is 0 Å². The van der Waals surface area contributed by atoms with E-state index in [1.807, 2.05) is 0 Å². The molecule has 4 aromatic rings. The Morgan fingerprint density at radius 1 is 1.08 bits per heavy atom. The molecule has 0 aliphatic carbocycles. The summed E-state index contributed by atoms with van der Waals surface area (Å²) in [6, 6.07) is 10.8. The number of benzene rings is 2. The monoisotopic (exact) mass is 512 g/mol. The number of pyridine rings is 1. The predicted octanol–water partition coefficient (Wildman–Crippen LogP) is 5.10. The minimum absolute atomic E-state index is 0.0464. The zero-order valence-corrected chi connectivity index (χ0v) is 19.6. The molecule has 12 heteroatoms. The van der Waals surface area contributed by atoms with E-state index < -0.39 is 29.5 Å². The average molecular weight is 512 g/mol. The number of carbonyl (C=O) groups excluding carboxylic acids is 2. The third kappa shape index (κ3) is 5.63. The molecule has 8 nitrogen and oxygen atoms in total. The van der Waals surface area contributed by atoms with E-state index in [0.717, 1.165) is 17.0 Å². The van der Waals surface area contributed by atoms with Crippen LogP contribution in [0.1, 0.15) is 40.3 Å². The van der Waals surface area contributed by atoms with Gasteiger partial charge in [-0.05, 0) is 74.0 Å². The SMILES string of the molecule is Cc1cc(N(C=O)C(C)c2ncnn2-c2ccc(C(=O)Nc3ccc(F)cc3)cn2)cc(C(F)(F)F)c1. The molecule has 0 aliphatic heterocycles. The highest BCUT2D eigenvalue weighted by Gasteiger charge is 2.32. The minimum Gasteiger partial charge on any atom is -0.322 e. The van der Waals surface area contributed by atoms with Gasteiger partial charge in [0.25, 0.3) is 5.91 Å². The van der Waals surface area contributed by atoms with Gasteiger partial charge in [0.1, 0.15) is 12.1 Å². The maximum atomic E-state index is 13.3. The first kappa shape index (κ1) is 25.5. The van der Waals surface area contributed by atoms with Gasteiger partial charge in [-0.25, -0.2) is 14.4 Å². The fourth-order valence-corrected chi connectivity index (χ4v) is 3.67.